The highest BCUT2D eigenvalue weighted by Gasteiger charge is 2.00. The SMILES string of the molecule is COc1ccc(CCNc2cc(Nc3ccncc3)ncn2)cc1. The molecule has 0 saturated carbocycles. The fraction of sp³-hybridized carbons (Fsp3) is 0.167. The molecule has 122 valence electrons. The minimum Gasteiger partial charge on any atom is -0.497 e. The Labute approximate surface area is 141 Å². The van der Waals surface area contributed by atoms with Crippen LogP contribution in [0, 0.1) is 0 Å². The fourth-order valence-electron chi connectivity index (χ4n) is 2.23. The lowest BCUT2D eigenvalue weighted by Crippen LogP contribution is -2.07. The summed E-state index contributed by atoms with van der Waals surface area (Å²) in [6.45, 7) is 0.790. The van der Waals surface area contributed by atoms with E-state index in [1.165, 1.54) is 5.56 Å². The molecule has 0 aliphatic rings. The molecule has 0 aliphatic carbocycles. The van der Waals surface area contributed by atoms with Gasteiger partial charge >= 0.3 is 0 Å². The van der Waals surface area contributed by atoms with Crippen LogP contribution in [0.15, 0.2) is 61.2 Å². The fourth-order valence-corrected chi connectivity index (χ4v) is 2.23. The molecule has 0 radical (unpaired) electrons. The zero-order valence-corrected chi connectivity index (χ0v) is 13.4. The van der Waals surface area contributed by atoms with E-state index in [1.54, 1.807) is 25.8 Å². The standard InChI is InChI=1S/C18H19N5O/c1-24-16-4-2-14(3-5-16)6-11-20-17-12-18(22-13-21-17)23-15-7-9-19-10-8-15/h2-5,7-10,12-13H,6,11H2,1H3,(H2,19,20,21,22,23). The van der Waals surface area contributed by atoms with Crippen molar-refractivity contribution in [3.05, 3.63) is 66.7 Å². The molecule has 3 rings (SSSR count). The molecule has 2 heterocycles. The summed E-state index contributed by atoms with van der Waals surface area (Å²) in [7, 11) is 1.67. The van der Waals surface area contributed by atoms with Gasteiger partial charge in [0, 0.05) is 30.7 Å². The number of anilines is 3. The number of rotatable bonds is 7. The first kappa shape index (κ1) is 15.7. The Balaban J connectivity index is 1.54. The lowest BCUT2D eigenvalue weighted by Gasteiger charge is -2.09. The van der Waals surface area contributed by atoms with Crippen LogP contribution in [0.25, 0.3) is 0 Å². The molecule has 0 fully saturated rings. The number of pyridine rings is 1. The van der Waals surface area contributed by atoms with Crippen LogP contribution < -0.4 is 15.4 Å². The molecular weight excluding hydrogens is 302 g/mol. The third-order valence-corrected chi connectivity index (χ3v) is 3.50. The largest absolute Gasteiger partial charge is 0.497 e. The first-order chi connectivity index (χ1) is 11.8. The van der Waals surface area contributed by atoms with Crippen LogP contribution in [0.5, 0.6) is 5.75 Å². The molecule has 0 unspecified atom stereocenters. The van der Waals surface area contributed by atoms with E-state index in [0.717, 1.165) is 36.0 Å². The van der Waals surface area contributed by atoms with Crippen LogP contribution in [-0.4, -0.2) is 28.6 Å². The predicted molar refractivity (Wildman–Crippen MR) is 94.7 cm³/mol. The summed E-state index contributed by atoms with van der Waals surface area (Å²) in [5, 5.41) is 6.53. The third-order valence-electron chi connectivity index (χ3n) is 3.50. The van der Waals surface area contributed by atoms with Crippen molar-refractivity contribution in [2.24, 2.45) is 0 Å². The van der Waals surface area contributed by atoms with Crippen molar-refractivity contribution in [1.29, 1.82) is 0 Å². The van der Waals surface area contributed by atoms with E-state index >= 15 is 0 Å². The van der Waals surface area contributed by atoms with E-state index < -0.39 is 0 Å². The van der Waals surface area contributed by atoms with Crippen molar-refractivity contribution in [3.8, 4) is 5.75 Å². The highest BCUT2D eigenvalue weighted by Crippen LogP contribution is 2.15. The van der Waals surface area contributed by atoms with Crippen molar-refractivity contribution < 1.29 is 4.74 Å². The Morgan fingerprint density at radius 2 is 1.71 bits per heavy atom. The van der Waals surface area contributed by atoms with Crippen LogP contribution in [0.1, 0.15) is 5.56 Å². The van der Waals surface area contributed by atoms with E-state index in [-0.39, 0.29) is 0 Å². The van der Waals surface area contributed by atoms with Crippen molar-refractivity contribution in [2.75, 3.05) is 24.3 Å². The number of methoxy groups -OCH3 is 1. The molecular formula is C18H19N5O. The van der Waals surface area contributed by atoms with Crippen LogP contribution in [-0.2, 0) is 6.42 Å². The lowest BCUT2D eigenvalue weighted by atomic mass is 10.1. The second kappa shape index (κ2) is 7.92. The van der Waals surface area contributed by atoms with E-state index in [4.69, 9.17) is 4.74 Å². The van der Waals surface area contributed by atoms with Crippen molar-refractivity contribution in [1.82, 2.24) is 15.0 Å². The Bertz CT molecular complexity index is 762. The van der Waals surface area contributed by atoms with Crippen molar-refractivity contribution >= 4 is 17.3 Å². The van der Waals surface area contributed by atoms with Gasteiger partial charge in [0.1, 0.15) is 23.7 Å². The van der Waals surface area contributed by atoms with Gasteiger partial charge in [0.25, 0.3) is 0 Å². The van der Waals surface area contributed by atoms with Gasteiger partial charge in [0.15, 0.2) is 0 Å². The molecule has 0 amide bonds. The molecule has 24 heavy (non-hydrogen) atoms. The number of nitrogens with one attached hydrogen (secondary N) is 2. The summed E-state index contributed by atoms with van der Waals surface area (Å²) in [4.78, 5) is 12.5. The topological polar surface area (TPSA) is 72.0 Å². The summed E-state index contributed by atoms with van der Waals surface area (Å²) in [6.07, 6.45) is 5.91. The quantitative estimate of drug-likeness (QED) is 0.696. The molecule has 1 aromatic carbocycles. The summed E-state index contributed by atoms with van der Waals surface area (Å²) >= 11 is 0. The van der Waals surface area contributed by atoms with Crippen LogP contribution in [0.4, 0.5) is 17.3 Å². The lowest BCUT2D eigenvalue weighted by molar-refractivity contribution is 0.414. The zero-order chi connectivity index (χ0) is 16.6. The molecule has 2 aromatic heterocycles. The van der Waals surface area contributed by atoms with E-state index in [9.17, 15) is 0 Å². The van der Waals surface area contributed by atoms with Gasteiger partial charge in [-0.2, -0.15) is 0 Å². The Kier molecular flexibility index (Phi) is 5.19. The maximum absolute atomic E-state index is 5.16. The molecule has 6 heteroatoms. The maximum atomic E-state index is 5.16. The smallest absolute Gasteiger partial charge is 0.135 e. The minimum atomic E-state index is 0.739. The molecule has 3 aromatic rings. The zero-order valence-electron chi connectivity index (χ0n) is 13.4. The normalized spacial score (nSPS) is 10.2. The van der Waals surface area contributed by atoms with Gasteiger partial charge in [-0.05, 0) is 36.2 Å². The summed E-state index contributed by atoms with van der Waals surface area (Å²) < 4.78 is 5.16. The average Bonchev–Trinajstić information content (AvgIpc) is 2.63. The van der Waals surface area contributed by atoms with Crippen molar-refractivity contribution in [2.45, 2.75) is 6.42 Å². The average molecular weight is 321 g/mol. The number of benzene rings is 1. The number of hydrogen-bond acceptors (Lipinski definition) is 6. The first-order valence-corrected chi connectivity index (χ1v) is 7.69. The van der Waals surface area contributed by atoms with Gasteiger partial charge in [-0.3, -0.25) is 4.98 Å². The highest BCUT2D eigenvalue weighted by atomic mass is 16.5. The van der Waals surface area contributed by atoms with Gasteiger partial charge in [-0.1, -0.05) is 12.1 Å². The number of aromatic nitrogens is 3. The van der Waals surface area contributed by atoms with Gasteiger partial charge < -0.3 is 15.4 Å². The summed E-state index contributed by atoms with van der Waals surface area (Å²) in [6, 6.07) is 13.7. The Hall–Kier alpha value is -3.15. The van der Waals surface area contributed by atoms with Gasteiger partial charge in [-0.25, -0.2) is 9.97 Å². The molecule has 0 bridgehead atoms. The van der Waals surface area contributed by atoms with Gasteiger partial charge in [0.2, 0.25) is 0 Å². The highest BCUT2D eigenvalue weighted by molar-refractivity contribution is 5.58. The Morgan fingerprint density at radius 3 is 2.46 bits per heavy atom. The maximum Gasteiger partial charge on any atom is 0.135 e. The van der Waals surface area contributed by atoms with Crippen LogP contribution in [0.3, 0.4) is 0 Å². The van der Waals surface area contributed by atoms with E-state index in [1.807, 2.05) is 30.3 Å². The summed E-state index contributed by atoms with van der Waals surface area (Å²) in [5.74, 6) is 2.40. The molecule has 0 aliphatic heterocycles. The predicted octanol–water partition coefficient (Wildman–Crippen LogP) is 3.28. The third kappa shape index (κ3) is 4.42. The molecule has 0 spiro atoms. The summed E-state index contributed by atoms with van der Waals surface area (Å²) in [5.41, 5.74) is 2.18. The Morgan fingerprint density at radius 1 is 0.958 bits per heavy atom. The molecule has 6 nitrogen and oxygen atoms in total. The second-order valence-corrected chi connectivity index (χ2v) is 5.17. The second-order valence-electron chi connectivity index (χ2n) is 5.17. The van der Waals surface area contributed by atoms with E-state index in [0.29, 0.717) is 0 Å². The van der Waals surface area contributed by atoms with E-state index in [2.05, 4.69) is 37.7 Å². The van der Waals surface area contributed by atoms with Crippen molar-refractivity contribution in [3.63, 3.8) is 0 Å². The number of ether oxygens (including phenoxy) is 1. The minimum absolute atomic E-state index is 0.739. The number of hydrogen-bond donors (Lipinski definition) is 2. The van der Waals surface area contributed by atoms with Gasteiger partial charge in [0.05, 0.1) is 7.11 Å². The monoisotopic (exact) mass is 321 g/mol. The molecule has 0 atom stereocenters. The molecule has 2 N–H and O–H groups in total. The molecule has 0 saturated heterocycles. The first-order valence-electron chi connectivity index (χ1n) is 7.69. The van der Waals surface area contributed by atoms with Crippen LogP contribution in [0.2, 0.25) is 0 Å². The van der Waals surface area contributed by atoms with Gasteiger partial charge in [-0.15, -0.1) is 0 Å². The number of nitrogens with zero attached hydrogens (tertiary/aromatic N) is 3. The van der Waals surface area contributed by atoms with Crippen LogP contribution >= 0.6 is 0 Å².